The summed E-state index contributed by atoms with van der Waals surface area (Å²) in [6, 6.07) is 15.0. The molecule has 0 aliphatic heterocycles. The number of amides is 1. The fraction of sp³-hybridized carbons (Fsp3) is 0.143. The van der Waals surface area contributed by atoms with Gasteiger partial charge in [0.2, 0.25) is 0 Å². The number of methoxy groups -OCH3 is 1. The van der Waals surface area contributed by atoms with Crippen molar-refractivity contribution in [1.29, 1.82) is 0 Å². The molecule has 1 amide bonds. The Kier molecular flexibility index (Phi) is 5.69. The predicted molar refractivity (Wildman–Crippen MR) is 100.0 cm³/mol. The van der Waals surface area contributed by atoms with Gasteiger partial charge < -0.3 is 14.6 Å². The van der Waals surface area contributed by atoms with Gasteiger partial charge in [-0.15, -0.1) is 0 Å². The van der Waals surface area contributed by atoms with Crippen LogP contribution in [0, 0.1) is 11.8 Å². The molecular weight excluding hydrogens is 326 g/mol. The van der Waals surface area contributed by atoms with Gasteiger partial charge in [-0.2, -0.15) is 0 Å². The number of carbonyl (C=O) groups is 1. The second kappa shape index (κ2) is 8.54. The highest BCUT2D eigenvalue weighted by atomic mass is 16.5. The molecule has 0 atom stereocenters. The number of ether oxygens (including phenoxy) is 1. The number of aromatic nitrogens is 2. The number of rotatable bonds is 5. The van der Waals surface area contributed by atoms with E-state index in [2.05, 4.69) is 22.1 Å². The topological polar surface area (TPSA) is 56.1 Å². The Labute approximate surface area is 152 Å². The molecule has 1 aromatic heterocycles. The molecule has 0 bridgehead atoms. The maximum absolute atomic E-state index is 12.2. The largest absolute Gasteiger partial charge is 0.495 e. The van der Waals surface area contributed by atoms with Crippen LogP contribution in [-0.2, 0) is 6.54 Å². The Bertz CT molecular complexity index is 920. The molecule has 2 aromatic carbocycles. The van der Waals surface area contributed by atoms with E-state index in [9.17, 15) is 4.79 Å². The summed E-state index contributed by atoms with van der Waals surface area (Å²) in [5.41, 5.74) is 2.52. The summed E-state index contributed by atoms with van der Waals surface area (Å²) in [6.07, 6.45) is 5.41. The Hall–Kier alpha value is -3.52. The van der Waals surface area contributed by atoms with Crippen LogP contribution >= 0.6 is 0 Å². The first kappa shape index (κ1) is 17.3. The highest BCUT2D eigenvalue weighted by Gasteiger charge is 2.04. The van der Waals surface area contributed by atoms with Crippen LogP contribution in [0.2, 0.25) is 0 Å². The molecule has 0 saturated heterocycles. The average molecular weight is 345 g/mol. The van der Waals surface area contributed by atoms with Gasteiger partial charge in [0.25, 0.3) is 5.91 Å². The second-order valence-electron chi connectivity index (χ2n) is 5.62. The number of carbonyl (C=O) groups excluding carboxylic acids is 1. The van der Waals surface area contributed by atoms with Crippen LogP contribution in [0.15, 0.2) is 67.3 Å². The lowest BCUT2D eigenvalue weighted by atomic mass is 10.1. The molecule has 5 heteroatoms. The molecule has 0 aliphatic carbocycles. The summed E-state index contributed by atoms with van der Waals surface area (Å²) < 4.78 is 7.22. The van der Waals surface area contributed by atoms with Gasteiger partial charge in [0.05, 0.1) is 25.5 Å². The summed E-state index contributed by atoms with van der Waals surface area (Å²) in [5.74, 6) is 6.53. The van der Waals surface area contributed by atoms with Crippen LogP contribution in [0.4, 0.5) is 0 Å². The Morgan fingerprint density at radius 1 is 1.19 bits per heavy atom. The van der Waals surface area contributed by atoms with E-state index in [1.807, 2.05) is 59.3 Å². The van der Waals surface area contributed by atoms with Gasteiger partial charge in [0, 0.05) is 24.5 Å². The molecule has 5 nitrogen and oxygen atoms in total. The fourth-order valence-corrected chi connectivity index (χ4v) is 2.47. The Balaban J connectivity index is 1.54. The van der Waals surface area contributed by atoms with Gasteiger partial charge >= 0.3 is 0 Å². The molecule has 0 aliphatic rings. The summed E-state index contributed by atoms with van der Waals surface area (Å²) in [6.45, 7) is 1.000. The quantitative estimate of drug-likeness (QED) is 0.724. The zero-order valence-electron chi connectivity index (χ0n) is 14.5. The minimum absolute atomic E-state index is 0.145. The highest BCUT2D eigenvalue weighted by molar-refractivity contribution is 5.94. The first-order valence-corrected chi connectivity index (χ1v) is 8.21. The standard InChI is InChI=1S/C21H19N3O2/c1-26-20-7-3-2-5-18(20)6-4-12-23-21(25)19-10-8-17(9-11-19)15-24-14-13-22-16-24/h2-3,5,7-11,13-14,16H,12,15H2,1H3,(H,23,25). The molecule has 0 spiro atoms. The maximum atomic E-state index is 12.2. The molecular formula is C21H19N3O2. The van der Waals surface area contributed by atoms with Crippen LogP contribution in [-0.4, -0.2) is 29.1 Å². The average Bonchev–Trinajstić information content (AvgIpc) is 3.19. The number of nitrogens with zero attached hydrogens (tertiary/aromatic N) is 2. The molecule has 0 saturated carbocycles. The van der Waals surface area contributed by atoms with Crippen LogP contribution < -0.4 is 10.1 Å². The van der Waals surface area contributed by atoms with E-state index in [1.165, 1.54) is 0 Å². The van der Waals surface area contributed by atoms with Crippen molar-refractivity contribution in [2.45, 2.75) is 6.54 Å². The monoisotopic (exact) mass is 345 g/mol. The van der Waals surface area contributed by atoms with E-state index in [0.29, 0.717) is 5.56 Å². The lowest BCUT2D eigenvalue weighted by molar-refractivity contribution is 0.0958. The molecule has 130 valence electrons. The van der Waals surface area contributed by atoms with Gasteiger partial charge in [0.15, 0.2) is 0 Å². The highest BCUT2D eigenvalue weighted by Crippen LogP contribution is 2.15. The molecule has 0 unspecified atom stereocenters. The van der Waals surface area contributed by atoms with Crippen LogP contribution in [0.1, 0.15) is 21.5 Å². The third-order valence-corrected chi connectivity index (χ3v) is 3.81. The fourth-order valence-electron chi connectivity index (χ4n) is 2.47. The molecule has 3 rings (SSSR count). The van der Waals surface area contributed by atoms with Gasteiger partial charge in [-0.3, -0.25) is 4.79 Å². The summed E-state index contributed by atoms with van der Waals surface area (Å²) in [4.78, 5) is 16.2. The van der Waals surface area contributed by atoms with E-state index >= 15 is 0 Å². The zero-order valence-corrected chi connectivity index (χ0v) is 14.5. The smallest absolute Gasteiger partial charge is 0.252 e. The van der Waals surface area contributed by atoms with Crippen molar-refractivity contribution in [2.24, 2.45) is 0 Å². The van der Waals surface area contributed by atoms with Gasteiger partial charge in [-0.05, 0) is 29.8 Å². The second-order valence-corrected chi connectivity index (χ2v) is 5.62. The van der Waals surface area contributed by atoms with Gasteiger partial charge in [0.1, 0.15) is 5.75 Å². The van der Waals surface area contributed by atoms with Crippen molar-refractivity contribution in [3.8, 4) is 17.6 Å². The number of para-hydroxylation sites is 1. The van der Waals surface area contributed by atoms with E-state index in [4.69, 9.17) is 4.74 Å². The predicted octanol–water partition coefficient (Wildman–Crippen LogP) is 2.72. The van der Waals surface area contributed by atoms with Gasteiger partial charge in [-0.1, -0.05) is 36.1 Å². The van der Waals surface area contributed by atoms with Crippen LogP contribution in [0.25, 0.3) is 0 Å². The normalized spacial score (nSPS) is 9.88. The van der Waals surface area contributed by atoms with Crippen molar-refractivity contribution in [1.82, 2.24) is 14.9 Å². The van der Waals surface area contributed by atoms with E-state index in [1.54, 1.807) is 19.6 Å². The third-order valence-electron chi connectivity index (χ3n) is 3.81. The molecule has 3 aromatic rings. The first-order chi connectivity index (χ1) is 12.8. The minimum Gasteiger partial charge on any atom is -0.495 e. The molecule has 0 radical (unpaired) electrons. The Morgan fingerprint density at radius 3 is 2.73 bits per heavy atom. The van der Waals surface area contributed by atoms with Crippen molar-refractivity contribution in [3.05, 3.63) is 83.9 Å². The van der Waals surface area contributed by atoms with E-state index in [0.717, 1.165) is 23.4 Å². The summed E-state index contributed by atoms with van der Waals surface area (Å²) in [5, 5.41) is 2.80. The SMILES string of the molecule is COc1ccccc1C#CCNC(=O)c1ccc(Cn2ccnc2)cc1. The van der Waals surface area contributed by atoms with Crippen LogP contribution in [0.5, 0.6) is 5.75 Å². The summed E-state index contributed by atoms with van der Waals surface area (Å²) >= 11 is 0. The van der Waals surface area contributed by atoms with Crippen LogP contribution in [0.3, 0.4) is 0 Å². The van der Waals surface area contributed by atoms with Crippen molar-refractivity contribution < 1.29 is 9.53 Å². The molecule has 1 heterocycles. The number of nitrogens with one attached hydrogen (secondary N) is 1. The Morgan fingerprint density at radius 2 is 2.00 bits per heavy atom. The lowest BCUT2D eigenvalue weighted by Crippen LogP contribution is -2.23. The first-order valence-electron chi connectivity index (χ1n) is 8.21. The van der Waals surface area contributed by atoms with Crippen molar-refractivity contribution in [2.75, 3.05) is 13.7 Å². The minimum atomic E-state index is -0.145. The zero-order chi connectivity index (χ0) is 18.2. The number of benzene rings is 2. The van der Waals surface area contributed by atoms with Crippen molar-refractivity contribution >= 4 is 5.91 Å². The van der Waals surface area contributed by atoms with E-state index in [-0.39, 0.29) is 12.5 Å². The molecule has 0 fully saturated rings. The number of hydrogen-bond acceptors (Lipinski definition) is 3. The van der Waals surface area contributed by atoms with Gasteiger partial charge in [-0.25, -0.2) is 4.98 Å². The lowest BCUT2D eigenvalue weighted by Gasteiger charge is -2.05. The van der Waals surface area contributed by atoms with Crippen molar-refractivity contribution in [3.63, 3.8) is 0 Å². The molecule has 1 N–H and O–H groups in total. The third kappa shape index (κ3) is 4.52. The molecule has 26 heavy (non-hydrogen) atoms. The van der Waals surface area contributed by atoms with E-state index < -0.39 is 0 Å². The maximum Gasteiger partial charge on any atom is 0.252 e. The number of imidazole rings is 1. The summed E-state index contributed by atoms with van der Waals surface area (Å²) in [7, 11) is 1.61. The number of hydrogen-bond donors (Lipinski definition) is 1.